The average Bonchev–Trinajstić information content (AvgIpc) is 3.05. The molecule has 1 aromatic rings. The highest BCUT2D eigenvalue weighted by atomic mass is 35.5. The van der Waals surface area contributed by atoms with E-state index in [4.69, 9.17) is 16.3 Å². The van der Waals surface area contributed by atoms with E-state index in [1.165, 1.54) is 12.1 Å². The summed E-state index contributed by atoms with van der Waals surface area (Å²) >= 11 is 6.04. The first-order valence-corrected chi connectivity index (χ1v) is 11.0. The number of cyclic esters (lactones) is 1. The predicted molar refractivity (Wildman–Crippen MR) is 97.5 cm³/mol. The highest BCUT2D eigenvalue weighted by Gasteiger charge is 2.39. The standard InChI is InChI=1S/C19H21ClO5S/c1-26(23,24)17-9-7-12(10-15(17)20)6-8-14-11-16(21)18(19(22)25-14)13-4-2-3-5-13/h7,9-11,13,18H,2-6,8H2,1H3. The monoisotopic (exact) mass is 396 g/mol. The average molecular weight is 397 g/mol. The Bertz CT molecular complexity index is 866. The van der Waals surface area contributed by atoms with Gasteiger partial charge in [-0.25, -0.2) is 8.42 Å². The fourth-order valence-corrected chi connectivity index (χ4v) is 5.05. The molecule has 26 heavy (non-hydrogen) atoms. The summed E-state index contributed by atoms with van der Waals surface area (Å²) in [6.07, 6.45) is 7.34. The van der Waals surface area contributed by atoms with Crippen molar-refractivity contribution in [2.75, 3.05) is 6.26 Å². The number of carbonyl (C=O) groups excluding carboxylic acids is 2. The largest absolute Gasteiger partial charge is 0.430 e. The molecule has 140 valence electrons. The Labute approximate surface area is 158 Å². The Morgan fingerprint density at radius 2 is 1.85 bits per heavy atom. The lowest BCUT2D eigenvalue weighted by Gasteiger charge is -2.24. The Kier molecular flexibility index (Phi) is 5.53. The number of aryl methyl sites for hydroxylation is 1. The van der Waals surface area contributed by atoms with Crippen molar-refractivity contribution in [1.82, 2.24) is 0 Å². The van der Waals surface area contributed by atoms with Gasteiger partial charge >= 0.3 is 5.97 Å². The Hall–Kier alpha value is -1.66. The number of ketones is 1. The van der Waals surface area contributed by atoms with Crippen LogP contribution in [0.4, 0.5) is 0 Å². The molecule has 1 unspecified atom stereocenters. The molecule has 1 fully saturated rings. The summed E-state index contributed by atoms with van der Waals surface area (Å²) in [6.45, 7) is 0. The van der Waals surface area contributed by atoms with Crippen LogP contribution in [-0.2, 0) is 30.6 Å². The normalized spacial score (nSPS) is 21.6. The molecule has 0 bridgehead atoms. The maximum atomic E-state index is 12.4. The number of sulfone groups is 1. The summed E-state index contributed by atoms with van der Waals surface area (Å²) in [5.41, 5.74) is 0.810. The topological polar surface area (TPSA) is 77.5 Å². The molecule has 0 spiro atoms. The van der Waals surface area contributed by atoms with E-state index < -0.39 is 21.7 Å². The Morgan fingerprint density at radius 1 is 1.15 bits per heavy atom. The minimum absolute atomic E-state index is 0.0841. The van der Waals surface area contributed by atoms with Crippen molar-refractivity contribution in [3.8, 4) is 0 Å². The van der Waals surface area contributed by atoms with E-state index in [9.17, 15) is 18.0 Å². The second-order valence-corrected chi connectivity index (χ2v) is 9.38. The second-order valence-electron chi connectivity index (χ2n) is 6.99. The lowest BCUT2D eigenvalue weighted by atomic mass is 9.85. The number of benzene rings is 1. The third-order valence-corrected chi connectivity index (χ3v) is 6.60. The molecule has 1 aliphatic heterocycles. The van der Waals surface area contributed by atoms with Crippen LogP contribution in [0.2, 0.25) is 5.02 Å². The minimum atomic E-state index is -3.37. The Morgan fingerprint density at radius 3 is 2.42 bits per heavy atom. The van der Waals surface area contributed by atoms with Crippen LogP contribution in [0.15, 0.2) is 34.9 Å². The first kappa shape index (κ1) is 19.1. The lowest BCUT2D eigenvalue weighted by Crippen LogP contribution is -2.34. The highest BCUT2D eigenvalue weighted by molar-refractivity contribution is 7.90. The van der Waals surface area contributed by atoms with Crippen LogP contribution in [0.5, 0.6) is 0 Å². The van der Waals surface area contributed by atoms with Gasteiger partial charge in [-0.2, -0.15) is 0 Å². The quantitative estimate of drug-likeness (QED) is 0.562. The molecular formula is C19H21ClO5S. The molecule has 5 nitrogen and oxygen atoms in total. The molecular weight excluding hydrogens is 376 g/mol. The number of rotatable bonds is 5. The SMILES string of the molecule is CS(=O)(=O)c1ccc(CCC2=CC(=O)C(C3CCCC3)C(=O)O2)cc1Cl. The van der Waals surface area contributed by atoms with Crippen LogP contribution in [0.1, 0.15) is 37.7 Å². The van der Waals surface area contributed by atoms with Crippen LogP contribution in [0.25, 0.3) is 0 Å². The summed E-state index contributed by atoms with van der Waals surface area (Å²) in [5, 5.41) is 0.164. The summed E-state index contributed by atoms with van der Waals surface area (Å²) in [5.74, 6) is -0.782. The second kappa shape index (κ2) is 7.53. The van der Waals surface area contributed by atoms with Gasteiger partial charge in [0.1, 0.15) is 11.7 Å². The highest BCUT2D eigenvalue weighted by Crippen LogP contribution is 2.35. The van der Waals surface area contributed by atoms with Crippen LogP contribution < -0.4 is 0 Å². The van der Waals surface area contributed by atoms with Crippen molar-refractivity contribution in [1.29, 1.82) is 0 Å². The number of ether oxygens (including phenoxy) is 1. The zero-order valence-corrected chi connectivity index (χ0v) is 16.1. The van der Waals surface area contributed by atoms with Crippen LogP contribution >= 0.6 is 11.6 Å². The first-order valence-electron chi connectivity index (χ1n) is 8.70. The van der Waals surface area contributed by atoms with Crippen LogP contribution in [-0.4, -0.2) is 26.4 Å². The number of hydrogen-bond acceptors (Lipinski definition) is 5. The van der Waals surface area contributed by atoms with Crippen molar-refractivity contribution < 1.29 is 22.7 Å². The van der Waals surface area contributed by atoms with Crippen molar-refractivity contribution in [3.05, 3.63) is 40.6 Å². The summed E-state index contributed by atoms with van der Waals surface area (Å²) < 4.78 is 28.6. The number of halogens is 1. The lowest BCUT2D eigenvalue weighted by molar-refractivity contribution is -0.151. The van der Waals surface area contributed by atoms with E-state index in [1.54, 1.807) is 12.1 Å². The minimum Gasteiger partial charge on any atom is -0.430 e. The zero-order valence-electron chi connectivity index (χ0n) is 14.5. The maximum Gasteiger partial charge on any atom is 0.322 e. The van der Waals surface area contributed by atoms with Gasteiger partial charge < -0.3 is 4.74 Å². The van der Waals surface area contributed by atoms with Crippen molar-refractivity contribution in [3.63, 3.8) is 0 Å². The molecule has 0 saturated heterocycles. The Balaban J connectivity index is 1.67. The molecule has 2 aliphatic rings. The van der Waals surface area contributed by atoms with E-state index in [0.29, 0.717) is 18.6 Å². The number of hydrogen-bond donors (Lipinski definition) is 0. The molecule has 1 aliphatic carbocycles. The van der Waals surface area contributed by atoms with Gasteiger partial charge in [0.15, 0.2) is 15.6 Å². The fraction of sp³-hybridized carbons (Fsp3) is 0.474. The van der Waals surface area contributed by atoms with Gasteiger partial charge in [-0.05, 0) is 42.9 Å². The third kappa shape index (κ3) is 4.18. The third-order valence-electron chi connectivity index (χ3n) is 5.02. The van der Waals surface area contributed by atoms with Gasteiger partial charge in [-0.15, -0.1) is 0 Å². The van der Waals surface area contributed by atoms with Crippen molar-refractivity contribution in [2.45, 2.75) is 43.4 Å². The van der Waals surface area contributed by atoms with E-state index in [-0.39, 0.29) is 21.6 Å². The maximum absolute atomic E-state index is 12.4. The molecule has 0 radical (unpaired) electrons. The van der Waals surface area contributed by atoms with E-state index in [0.717, 1.165) is 37.5 Å². The molecule has 7 heteroatoms. The molecule has 1 saturated carbocycles. The predicted octanol–water partition coefficient (Wildman–Crippen LogP) is 3.49. The number of allylic oxidation sites excluding steroid dienone is 2. The van der Waals surface area contributed by atoms with Crippen LogP contribution in [0.3, 0.4) is 0 Å². The summed E-state index contributed by atoms with van der Waals surface area (Å²) in [6, 6.07) is 4.73. The van der Waals surface area contributed by atoms with Crippen molar-refractivity contribution in [2.24, 2.45) is 11.8 Å². The summed E-state index contributed by atoms with van der Waals surface area (Å²) in [4.78, 5) is 24.7. The summed E-state index contributed by atoms with van der Waals surface area (Å²) in [7, 11) is -3.37. The van der Waals surface area contributed by atoms with Gasteiger partial charge in [-0.1, -0.05) is 30.5 Å². The molecule has 1 heterocycles. The molecule has 1 aromatic carbocycles. The molecule has 0 aromatic heterocycles. The van der Waals surface area contributed by atoms with Crippen LogP contribution in [0, 0.1) is 11.8 Å². The van der Waals surface area contributed by atoms with Gasteiger partial charge in [0.25, 0.3) is 0 Å². The fourth-order valence-electron chi connectivity index (χ4n) is 3.69. The van der Waals surface area contributed by atoms with Gasteiger partial charge in [0.05, 0.1) is 9.92 Å². The van der Waals surface area contributed by atoms with E-state index in [2.05, 4.69) is 0 Å². The van der Waals surface area contributed by atoms with Gasteiger partial charge in [-0.3, -0.25) is 9.59 Å². The van der Waals surface area contributed by atoms with E-state index >= 15 is 0 Å². The van der Waals surface area contributed by atoms with Gasteiger partial charge in [0.2, 0.25) is 0 Å². The molecule has 1 atom stereocenters. The molecule has 0 amide bonds. The van der Waals surface area contributed by atoms with Crippen molar-refractivity contribution >= 4 is 33.2 Å². The van der Waals surface area contributed by atoms with E-state index in [1.807, 2.05) is 0 Å². The molecule has 3 rings (SSSR count). The number of carbonyl (C=O) groups is 2. The zero-order chi connectivity index (χ0) is 18.9. The number of esters is 1. The smallest absolute Gasteiger partial charge is 0.322 e. The molecule has 0 N–H and O–H groups in total. The van der Waals surface area contributed by atoms with Gasteiger partial charge in [0, 0.05) is 18.8 Å². The first-order chi connectivity index (χ1) is 12.3.